The number of hydrogen-bond donors (Lipinski definition) is 0. The molecule has 0 aliphatic heterocycles. The molecule has 0 N–H and O–H groups in total. The zero-order chi connectivity index (χ0) is 27.7. The van der Waals surface area contributed by atoms with E-state index in [2.05, 4.69) is 89.5 Å². The Morgan fingerprint density at radius 1 is 0.610 bits per heavy atom. The van der Waals surface area contributed by atoms with Gasteiger partial charge in [0.15, 0.2) is 11.0 Å². The highest BCUT2D eigenvalue weighted by molar-refractivity contribution is 7.27. The van der Waals surface area contributed by atoms with E-state index in [1.165, 1.54) is 52.5 Å². The van der Waals surface area contributed by atoms with Crippen LogP contribution in [0.2, 0.25) is 5.15 Å². The molecule has 0 unspecified atom stereocenters. The van der Waals surface area contributed by atoms with Gasteiger partial charge in [0, 0.05) is 26.2 Å². The quantitative estimate of drug-likeness (QED) is 0.198. The molecule has 9 rings (SSSR count). The third kappa shape index (κ3) is 3.45. The Morgan fingerprint density at radius 3 is 1.95 bits per heavy atom. The van der Waals surface area contributed by atoms with Crippen LogP contribution >= 0.6 is 22.9 Å². The van der Waals surface area contributed by atoms with E-state index in [9.17, 15) is 0 Å². The molecule has 3 aromatic heterocycles. The summed E-state index contributed by atoms with van der Waals surface area (Å²) in [7, 11) is 0. The van der Waals surface area contributed by atoms with Crippen molar-refractivity contribution in [1.82, 2.24) is 14.5 Å². The molecule has 0 fully saturated rings. The maximum Gasteiger partial charge on any atom is 0.176 e. The van der Waals surface area contributed by atoms with Gasteiger partial charge in [0.2, 0.25) is 0 Å². The molecule has 0 amide bonds. The van der Waals surface area contributed by atoms with Crippen molar-refractivity contribution in [3.8, 4) is 5.82 Å². The summed E-state index contributed by atoms with van der Waals surface area (Å²) in [4.78, 5) is 9.83. The lowest BCUT2D eigenvalue weighted by molar-refractivity contribution is 1.08. The highest BCUT2D eigenvalue weighted by Gasteiger charge is 2.23. The van der Waals surface area contributed by atoms with Gasteiger partial charge in [-0.05, 0) is 51.9 Å². The van der Waals surface area contributed by atoms with Crippen LogP contribution in [0.1, 0.15) is 13.8 Å². The molecule has 6 aromatic carbocycles. The number of nitrogens with zero attached hydrogens (tertiary/aromatic N) is 3. The van der Waals surface area contributed by atoms with Gasteiger partial charge < -0.3 is 0 Å². The van der Waals surface area contributed by atoms with Gasteiger partial charge in [-0.15, -0.1) is 11.3 Å². The first-order chi connectivity index (χ1) is 20.3. The Balaban J connectivity index is 0.00000125. The van der Waals surface area contributed by atoms with E-state index >= 15 is 0 Å². The number of aromatic nitrogens is 3. The predicted molar refractivity (Wildman–Crippen MR) is 178 cm³/mol. The summed E-state index contributed by atoms with van der Waals surface area (Å²) in [6, 6.07) is 38.5. The van der Waals surface area contributed by atoms with E-state index in [-0.39, 0.29) is 0 Å². The van der Waals surface area contributed by atoms with Crippen LogP contribution in [0, 0.1) is 0 Å². The van der Waals surface area contributed by atoms with Crippen LogP contribution in [0.5, 0.6) is 0 Å². The smallest absolute Gasteiger partial charge is 0.176 e. The molecule has 0 spiro atoms. The SMILES string of the molecule is CC.Clc1nc2ccccc2nc1-n1c2ccccc2c2c3ccccc3c3c4cc5ccccc5cc4sc3c21. The summed E-state index contributed by atoms with van der Waals surface area (Å²) in [6.07, 6.45) is 0. The molecule has 0 radical (unpaired) electrons. The maximum atomic E-state index is 6.92. The van der Waals surface area contributed by atoms with E-state index < -0.39 is 0 Å². The standard InChI is InChI=1S/C34H18ClN3S.C2H6/c35-33-34(37-26-15-7-6-14-25(26)36-33)38-27-16-8-5-13-23(27)29-21-11-3-4-12-22(21)30-24-17-19-9-1-2-10-20(19)18-28(24)39-32(30)31(29)38;1-2/h1-18H;1-2H3. The molecule has 41 heavy (non-hydrogen) atoms. The summed E-state index contributed by atoms with van der Waals surface area (Å²) in [5, 5.41) is 10.3. The largest absolute Gasteiger partial charge is 0.290 e. The minimum absolute atomic E-state index is 0.393. The zero-order valence-corrected chi connectivity index (χ0v) is 24.1. The number of thiophene rings is 1. The number of fused-ring (bicyclic) bond motifs is 12. The van der Waals surface area contributed by atoms with Gasteiger partial charge in [-0.3, -0.25) is 4.57 Å². The molecule has 196 valence electrons. The van der Waals surface area contributed by atoms with Gasteiger partial charge in [-0.2, -0.15) is 0 Å². The van der Waals surface area contributed by atoms with Gasteiger partial charge in [-0.25, -0.2) is 9.97 Å². The minimum Gasteiger partial charge on any atom is -0.290 e. The van der Waals surface area contributed by atoms with Gasteiger partial charge in [0.1, 0.15) is 0 Å². The number of halogens is 1. The second-order valence-electron chi connectivity index (χ2n) is 9.95. The summed E-state index contributed by atoms with van der Waals surface area (Å²) >= 11 is 8.77. The molecule has 3 heterocycles. The van der Waals surface area contributed by atoms with E-state index in [4.69, 9.17) is 21.6 Å². The molecule has 0 aliphatic carbocycles. The van der Waals surface area contributed by atoms with Crippen LogP contribution in [0.15, 0.2) is 109 Å². The monoisotopic (exact) mass is 565 g/mol. The predicted octanol–water partition coefficient (Wildman–Crippen LogP) is 11.1. The van der Waals surface area contributed by atoms with Crippen molar-refractivity contribution in [2.75, 3.05) is 0 Å². The fourth-order valence-electron chi connectivity index (χ4n) is 6.19. The van der Waals surface area contributed by atoms with Crippen molar-refractivity contribution in [3.05, 3.63) is 114 Å². The van der Waals surface area contributed by atoms with E-state index in [0.29, 0.717) is 11.0 Å². The van der Waals surface area contributed by atoms with Crippen molar-refractivity contribution in [3.63, 3.8) is 0 Å². The molecule has 0 bridgehead atoms. The van der Waals surface area contributed by atoms with Gasteiger partial charge in [-0.1, -0.05) is 104 Å². The van der Waals surface area contributed by atoms with Gasteiger partial charge >= 0.3 is 0 Å². The molecule has 9 aromatic rings. The second-order valence-corrected chi connectivity index (χ2v) is 11.4. The van der Waals surface area contributed by atoms with E-state index in [1.54, 1.807) is 0 Å². The molecule has 0 aliphatic rings. The van der Waals surface area contributed by atoms with Crippen LogP contribution < -0.4 is 0 Å². The first kappa shape index (κ1) is 24.3. The second kappa shape index (κ2) is 9.27. The molecule has 5 heteroatoms. The average molecular weight is 566 g/mol. The first-order valence-corrected chi connectivity index (χ1v) is 15.1. The molecular formula is C36H24ClN3S. The van der Waals surface area contributed by atoms with Crippen molar-refractivity contribution < 1.29 is 0 Å². The van der Waals surface area contributed by atoms with Crippen LogP contribution in [-0.2, 0) is 0 Å². The Kier molecular flexibility index (Phi) is 5.49. The Hall–Kier alpha value is -4.51. The average Bonchev–Trinajstić information content (AvgIpc) is 3.57. The Labute approximate surface area is 245 Å². The van der Waals surface area contributed by atoms with Crippen LogP contribution in [-0.4, -0.2) is 14.5 Å². The van der Waals surface area contributed by atoms with Gasteiger partial charge in [0.25, 0.3) is 0 Å². The molecular weight excluding hydrogens is 542 g/mol. The number of rotatable bonds is 1. The Morgan fingerprint density at radius 2 is 1.20 bits per heavy atom. The summed E-state index contributed by atoms with van der Waals surface area (Å²) in [5.74, 6) is 0.653. The molecule has 0 saturated carbocycles. The van der Waals surface area contributed by atoms with Crippen molar-refractivity contribution in [2.45, 2.75) is 13.8 Å². The number of benzene rings is 6. The van der Waals surface area contributed by atoms with E-state index in [0.717, 1.165) is 22.1 Å². The van der Waals surface area contributed by atoms with Crippen molar-refractivity contribution >= 4 is 97.5 Å². The van der Waals surface area contributed by atoms with Crippen LogP contribution in [0.3, 0.4) is 0 Å². The van der Waals surface area contributed by atoms with Crippen LogP contribution in [0.4, 0.5) is 0 Å². The first-order valence-electron chi connectivity index (χ1n) is 13.9. The lowest BCUT2D eigenvalue weighted by Crippen LogP contribution is -2.01. The highest BCUT2D eigenvalue weighted by Crippen LogP contribution is 2.48. The molecule has 3 nitrogen and oxygen atoms in total. The third-order valence-electron chi connectivity index (χ3n) is 7.83. The highest BCUT2D eigenvalue weighted by atomic mass is 35.5. The zero-order valence-electron chi connectivity index (χ0n) is 22.5. The van der Waals surface area contributed by atoms with E-state index in [1.807, 2.05) is 49.4 Å². The summed E-state index contributed by atoms with van der Waals surface area (Å²) < 4.78 is 4.74. The maximum absolute atomic E-state index is 6.92. The van der Waals surface area contributed by atoms with Gasteiger partial charge in [0.05, 0.1) is 26.8 Å². The fourth-order valence-corrected chi connectivity index (χ4v) is 7.70. The van der Waals surface area contributed by atoms with Crippen molar-refractivity contribution in [1.29, 1.82) is 0 Å². The lowest BCUT2D eigenvalue weighted by atomic mass is 9.98. The molecule has 0 atom stereocenters. The summed E-state index contributed by atoms with van der Waals surface area (Å²) in [5.41, 5.74) is 3.81. The number of hydrogen-bond acceptors (Lipinski definition) is 3. The Bertz CT molecular complexity index is 2470. The number of para-hydroxylation sites is 3. The fraction of sp³-hybridized carbons (Fsp3) is 0.0556. The normalized spacial score (nSPS) is 11.8. The van der Waals surface area contributed by atoms with Crippen molar-refractivity contribution in [2.24, 2.45) is 0 Å². The topological polar surface area (TPSA) is 30.7 Å². The molecule has 0 saturated heterocycles. The minimum atomic E-state index is 0.393. The summed E-state index contributed by atoms with van der Waals surface area (Å²) in [6.45, 7) is 4.00. The van der Waals surface area contributed by atoms with Crippen LogP contribution in [0.25, 0.3) is 80.4 Å². The third-order valence-corrected chi connectivity index (χ3v) is 9.25. The lowest BCUT2D eigenvalue weighted by Gasteiger charge is -2.11.